The Labute approximate surface area is 121 Å². The maximum absolute atomic E-state index is 5.90. The molecule has 1 aromatic rings. The zero-order valence-corrected chi connectivity index (χ0v) is 13.0. The molecule has 2 unspecified atom stereocenters. The summed E-state index contributed by atoms with van der Waals surface area (Å²) >= 11 is 5.21. The van der Waals surface area contributed by atoms with Gasteiger partial charge in [0.1, 0.15) is 10.8 Å². The van der Waals surface area contributed by atoms with E-state index < -0.39 is 0 Å². The maximum Gasteiger partial charge on any atom is 0.139 e. The standard InChI is InChI=1S/C15H23N3S/c1-9-5-6-18(8-11(9)3)15-13(14(16)19)10(2)7-12(4)17-15/h7,9,11H,5-6,8H2,1-4H3,(H2,16,19). The molecule has 0 amide bonds. The van der Waals surface area contributed by atoms with E-state index in [9.17, 15) is 0 Å². The molecule has 2 heterocycles. The third-order valence-corrected chi connectivity index (χ3v) is 4.41. The summed E-state index contributed by atoms with van der Waals surface area (Å²) in [5.41, 5.74) is 9.00. The van der Waals surface area contributed by atoms with E-state index in [0.29, 0.717) is 10.9 Å². The van der Waals surface area contributed by atoms with Crippen molar-refractivity contribution in [2.24, 2.45) is 17.6 Å². The molecular formula is C15H23N3S. The summed E-state index contributed by atoms with van der Waals surface area (Å²) in [6.07, 6.45) is 1.20. The number of hydrogen-bond acceptors (Lipinski definition) is 3. The Morgan fingerprint density at radius 3 is 2.63 bits per heavy atom. The van der Waals surface area contributed by atoms with Crippen LogP contribution >= 0.6 is 12.2 Å². The number of aryl methyl sites for hydroxylation is 2. The van der Waals surface area contributed by atoms with Gasteiger partial charge >= 0.3 is 0 Å². The molecule has 0 radical (unpaired) electrons. The van der Waals surface area contributed by atoms with Gasteiger partial charge in [0.15, 0.2) is 0 Å². The molecule has 1 aromatic heterocycles. The average molecular weight is 277 g/mol. The van der Waals surface area contributed by atoms with E-state index >= 15 is 0 Å². The lowest BCUT2D eigenvalue weighted by atomic mass is 9.88. The Morgan fingerprint density at radius 2 is 2.05 bits per heavy atom. The number of nitrogens with zero attached hydrogens (tertiary/aromatic N) is 2. The Bertz CT molecular complexity index is 498. The van der Waals surface area contributed by atoms with E-state index in [1.165, 1.54) is 6.42 Å². The Morgan fingerprint density at radius 1 is 1.37 bits per heavy atom. The molecular weight excluding hydrogens is 254 g/mol. The fraction of sp³-hybridized carbons (Fsp3) is 0.600. The molecule has 2 atom stereocenters. The van der Waals surface area contributed by atoms with E-state index in [1.807, 2.05) is 13.0 Å². The first kappa shape index (κ1) is 14.3. The van der Waals surface area contributed by atoms with Gasteiger partial charge in [0.25, 0.3) is 0 Å². The second kappa shape index (κ2) is 5.45. The minimum atomic E-state index is 0.450. The van der Waals surface area contributed by atoms with Crippen LogP contribution in [0, 0.1) is 25.7 Å². The van der Waals surface area contributed by atoms with Crippen molar-refractivity contribution in [1.82, 2.24) is 4.98 Å². The van der Waals surface area contributed by atoms with Gasteiger partial charge in [-0.3, -0.25) is 0 Å². The SMILES string of the molecule is Cc1cc(C)c(C(N)=S)c(N2CCC(C)C(C)C2)n1. The van der Waals surface area contributed by atoms with E-state index in [1.54, 1.807) is 0 Å². The molecule has 1 fully saturated rings. The van der Waals surface area contributed by atoms with Crippen LogP contribution in [-0.4, -0.2) is 23.1 Å². The lowest BCUT2D eigenvalue weighted by Gasteiger charge is -2.37. The van der Waals surface area contributed by atoms with Crippen LogP contribution in [0.15, 0.2) is 6.07 Å². The van der Waals surface area contributed by atoms with Gasteiger partial charge < -0.3 is 10.6 Å². The van der Waals surface area contributed by atoms with E-state index in [0.717, 1.165) is 41.6 Å². The van der Waals surface area contributed by atoms with Crippen molar-refractivity contribution in [2.45, 2.75) is 34.1 Å². The lowest BCUT2D eigenvalue weighted by molar-refractivity contribution is 0.322. The van der Waals surface area contributed by atoms with Crippen molar-refractivity contribution < 1.29 is 0 Å². The van der Waals surface area contributed by atoms with Crippen LogP contribution in [-0.2, 0) is 0 Å². The van der Waals surface area contributed by atoms with Gasteiger partial charge in [0.2, 0.25) is 0 Å². The van der Waals surface area contributed by atoms with Crippen molar-refractivity contribution in [3.63, 3.8) is 0 Å². The quantitative estimate of drug-likeness (QED) is 0.844. The van der Waals surface area contributed by atoms with Crippen LogP contribution in [0.3, 0.4) is 0 Å². The summed E-state index contributed by atoms with van der Waals surface area (Å²) in [7, 11) is 0. The molecule has 4 heteroatoms. The minimum Gasteiger partial charge on any atom is -0.389 e. The molecule has 2 N–H and O–H groups in total. The van der Waals surface area contributed by atoms with Gasteiger partial charge in [-0.25, -0.2) is 4.98 Å². The fourth-order valence-corrected chi connectivity index (χ4v) is 3.06. The molecule has 0 aliphatic carbocycles. The molecule has 1 aliphatic rings. The summed E-state index contributed by atoms with van der Waals surface area (Å²) in [6, 6.07) is 2.05. The van der Waals surface area contributed by atoms with Crippen LogP contribution < -0.4 is 10.6 Å². The number of hydrogen-bond donors (Lipinski definition) is 1. The smallest absolute Gasteiger partial charge is 0.139 e. The Hall–Kier alpha value is -1.16. The third kappa shape index (κ3) is 2.89. The fourth-order valence-electron chi connectivity index (χ4n) is 2.81. The van der Waals surface area contributed by atoms with Gasteiger partial charge in [-0.2, -0.15) is 0 Å². The molecule has 1 saturated heterocycles. The van der Waals surface area contributed by atoms with Crippen LogP contribution in [0.1, 0.15) is 37.1 Å². The zero-order valence-electron chi connectivity index (χ0n) is 12.2. The van der Waals surface area contributed by atoms with Gasteiger partial charge in [-0.15, -0.1) is 0 Å². The topological polar surface area (TPSA) is 42.1 Å². The van der Waals surface area contributed by atoms with Crippen molar-refractivity contribution in [2.75, 3.05) is 18.0 Å². The number of thiocarbonyl (C=S) groups is 1. The van der Waals surface area contributed by atoms with E-state index in [-0.39, 0.29) is 0 Å². The van der Waals surface area contributed by atoms with E-state index in [2.05, 4.69) is 25.7 Å². The van der Waals surface area contributed by atoms with Crippen molar-refractivity contribution in [3.05, 3.63) is 22.9 Å². The first-order chi connectivity index (χ1) is 8.90. The number of aromatic nitrogens is 1. The highest BCUT2D eigenvalue weighted by molar-refractivity contribution is 7.80. The zero-order chi connectivity index (χ0) is 14.2. The number of piperidine rings is 1. The number of anilines is 1. The first-order valence-electron chi connectivity index (χ1n) is 6.93. The van der Waals surface area contributed by atoms with Crippen molar-refractivity contribution >= 4 is 23.0 Å². The van der Waals surface area contributed by atoms with E-state index in [4.69, 9.17) is 22.9 Å². The first-order valence-corrected chi connectivity index (χ1v) is 7.34. The van der Waals surface area contributed by atoms with Crippen LogP contribution in [0.2, 0.25) is 0 Å². The predicted octanol–water partition coefficient (Wildman–Crippen LogP) is 2.81. The summed E-state index contributed by atoms with van der Waals surface area (Å²) in [6.45, 7) is 10.8. The second-order valence-electron chi connectivity index (χ2n) is 5.83. The molecule has 0 aromatic carbocycles. The molecule has 3 nitrogen and oxygen atoms in total. The van der Waals surface area contributed by atoms with Gasteiger partial charge in [-0.1, -0.05) is 26.1 Å². The van der Waals surface area contributed by atoms with Crippen LogP contribution in [0.25, 0.3) is 0 Å². The minimum absolute atomic E-state index is 0.450. The van der Waals surface area contributed by atoms with Gasteiger partial charge in [-0.05, 0) is 43.7 Å². The largest absolute Gasteiger partial charge is 0.389 e. The highest BCUT2D eigenvalue weighted by Gasteiger charge is 2.26. The monoisotopic (exact) mass is 277 g/mol. The van der Waals surface area contributed by atoms with Crippen LogP contribution in [0.5, 0.6) is 0 Å². The molecule has 0 bridgehead atoms. The molecule has 19 heavy (non-hydrogen) atoms. The Kier molecular flexibility index (Phi) is 4.09. The second-order valence-corrected chi connectivity index (χ2v) is 6.27. The van der Waals surface area contributed by atoms with Gasteiger partial charge in [0.05, 0.1) is 5.56 Å². The summed E-state index contributed by atoms with van der Waals surface area (Å²) < 4.78 is 0. The summed E-state index contributed by atoms with van der Waals surface area (Å²) in [5, 5.41) is 0. The molecule has 0 saturated carbocycles. The molecule has 2 rings (SSSR count). The van der Waals surface area contributed by atoms with Gasteiger partial charge in [0, 0.05) is 18.8 Å². The summed E-state index contributed by atoms with van der Waals surface area (Å²) in [5.74, 6) is 2.43. The highest BCUT2D eigenvalue weighted by atomic mass is 32.1. The van der Waals surface area contributed by atoms with Crippen molar-refractivity contribution in [3.8, 4) is 0 Å². The lowest BCUT2D eigenvalue weighted by Crippen LogP contribution is -2.40. The average Bonchev–Trinajstić information content (AvgIpc) is 2.31. The number of nitrogens with two attached hydrogens (primary N) is 1. The third-order valence-electron chi connectivity index (χ3n) is 4.21. The summed E-state index contributed by atoms with van der Waals surface area (Å²) in [4.78, 5) is 7.49. The molecule has 1 aliphatic heterocycles. The predicted molar refractivity (Wildman–Crippen MR) is 84.8 cm³/mol. The maximum atomic E-state index is 5.90. The molecule has 104 valence electrons. The van der Waals surface area contributed by atoms with Crippen LogP contribution in [0.4, 0.5) is 5.82 Å². The number of pyridine rings is 1. The number of rotatable bonds is 2. The highest BCUT2D eigenvalue weighted by Crippen LogP contribution is 2.29. The van der Waals surface area contributed by atoms with Crippen molar-refractivity contribution in [1.29, 1.82) is 0 Å². The Balaban J connectivity index is 2.41. The molecule has 0 spiro atoms. The normalized spacial score (nSPS) is 23.5.